The molecule has 0 aromatic heterocycles. The van der Waals surface area contributed by atoms with E-state index in [1.54, 1.807) is 0 Å². The van der Waals surface area contributed by atoms with E-state index in [9.17, 15) is 13.9 Å². The Labute approximate surface area is 151 Å². The number of aliphatic hydroxyl groups excluding tert-OH is 1. The lowest BCUT2D eigenvalue weighted by atomic mass is 10.1. The molecule has 1 N–H and O–H groups in total. The van der Waals surface area contributed by atoms with E-state index in [1.165, 1.54) is 12.1 Å². The number of benzene rings is 2. The Bertz CT molecular complexity index is 874. The molecule has 3 rings (SSSR count). The lowest BCUT2D eigenvalue weighted by molar-refractivity contribution is 0.205. The maximum atomic E-state index is 13.7. The van der Waals surface area contributed by atoms with Gasteiger partial charge in [-0.05, 0) is 55.3 Å². The Balaban J connectivity index is 1.71. The maximum Gasteiger partial charge on any atom is 0.132 e. The minimum Gasteiger partial charge on any atom is -0.489 e. The van der Waals surface area contributed by atoms with Crippen LogP contribution in [0, 0.1) is 18.6 Å². The fraction of sp³-hybridized carbons (Fsp3) is 0.238. The molecule has 136 valence electrons. The molecule has 0 bridgehead atoms. The first-order valence-electron chi connectivity index (χ1n) is 8.41. The summed E-state index contributed by atoms with van der Waals surface area (Å²) in [4.78, 5) is 2.12. The van der Waals surface area contributed by atoms with Gasteiger partial charge in [0.1, 0.15) is 24.0 Å². The van der Waals surface area contributed by atoms with E-state index in [4.69, 9.17) is 4.74 Å². The second kappa shape index (κ2) is 7.70. The molecule has 3 nitrogen and oxygen atoms in total. The van der Waals surface area contributed by atoms with Gasteiger partial charge >= 0.3 is 0 Å². The summed E-state index contributed by atoms with van der Waals surface area (Å²) in [5.41, 5.74) is 4.30. The molecule has 0 aliphatic carbocycles. The quantitative estimate of drug-likeness (QED) is 0.850. The number of ether oxygens (including phenoxy) is 1. The topological polar surface area (TPSA) is 32.7 Å². The van der Waals surface area contributed by atoms with Gasteiger partial charge in [0, 0.05) is 29.6 Å². The number of aryl methyl sites for hydroxylation is 1. The third kappa shape index (κ3) is 3.94. The van der Waals surface area contributed by atoms with Crippen molar-refractivity contribution in [1.29, 1.82) is 0 Å². The summed E-state index contributed by atoms with van der Waals surface area (Å²) >= 11 is 0. The number of hydrogen-bond acceptors (Lipinski definition) is 3. The van der Waals surface area contributed by atoms with Crippen LogP contribution in [0.2, 0.25) is 0 Å². The normalized spacial score (nSPS) is 14.1. The SMILES string of the molecule is CC1=CC(OCc2ccc(F)cc2F)=CCN1c1cc(CO)ccc1C. The fourth-order valence-corrected chi connectivity index (χ4v) is 2.90. The first kappa shape index (κ1) is 18.1. The first-order chi connectivity index (χ1) is 12.5. The molecule has 1 aliphatic heterocycles. The van der Waals surface area contributed by atoms with Gasteiger partial charge in [-0.25, -0.2) is 8.78 Å². The van der Waals surface area contributed by atoms with Crippen LogP contribution < -0.4 is 4.90 Å². The van der Waals surface area contributed by atoms with Crippen LogP contribution in [-0.2, 0) is 18.0 Å². The van der Waals surface area contributed by atoms with Crippen molar-refractivity contribution < 1.29 is 18.6 Å². The summed E-state index contributed by atoms with van der Waals surface area (Å²) in [5.74, 6) is -0.561. The van der Waals surface area contributed by atoms with Crippen LogP contribution in [0.15, 0.2) is 60.0 Å². The molecule has 2 aromatic rings. The summed E-state index contributed by atoms with van der Waals surface area (Å²) < 4.78 is 32.3. The minimum atomic E-state index is -0.611. The standard InChI is InChI=1S/C21H21F2NO2/c1-14-3-4-16(12-25)10-21(14)24-8-7-19(9-15(24)2)26-13-17-5-6-18(22)11-20(17)23/h3-7,9-11,25H,8,12-13H2,1-2H3. The molecule has 0 unspecified atom stereocenters. The summed E-state index contributed by atoms with van der Waals surface area (Å²) in [7, 11) is 0. The number of anilines is 1. The molecule has 2 aromatic carbocycles. The molecule has 5 heteroatoms. The van der Waals surface area contributed by atoms with E-state index in [2.05, 4.69) is 4.90 Å². The van der Waals surface area contributed by atoms with Crippen LogP contribution in [0.1, 0.15) is 23.6 Å². The van der Waals surface area contributed by atoms with Crippen molar-refractivity contribution in [3.63, 3.8) is 0 Å². The van der Waals surface area contributed by atoms with Crippen LogP contribution in [0.25, 0.3) is 0 Å². The van der Waals surface area contributed by atoms with Gasteiger partial charge < -0.3 is 14.7 Å². The van der Waals surface area contributed by atoms with Gasteiger partial charge in [-0.15, -0.1) is 0 Å². The van der Waals surface area contributed by atoms with Gasteiger partial charge in [0.25, 0.3) is 0 Å². The molecule has 0 fully saturated rings. The third-order valence-electron chi connectivity index (χ3n) is 4.41. The van der Waals surface area contributed by atoms with Crippen molar-refractivity contribution in [3.8, 4) is 0 Å². The Morgan fingerprint density at radius 1 is 1.12 bits per heavy atom. The molecule has 0 atom stereocenters. The van der Waals surface area contributed by atoms with Crippen LogP contribution in [0.4, 0.5) is 14.5 Å². The molecule has 0 saturated carbocycles. The van der Waals surface area contributed by atoms with Crippen molar-refractivity contribution in [2.24, 2.45) is 0 Å². The van der Waals surface area contributed by atoms with E-state index in [0.717, 1.165) is 28.6 Å². The predicted octanol–water partition coefficient (Wildman–Crippen LogP) is 4.59. The molecule has 0 spiro atoms. The Morgan fingerprint density at radius 2 is 1.92 bits per heavy atom. The zero-order chi connectivity index (χ0) is 18.7. The molecule has 0 saturated heterocycles. The lowest BCUT2D eigenvalue weighted by Gasteiger charge is -2.29. The Hall–Kier alpha value is -2.66. The van der Waals surface area contributed by atoms with Crippen LogP contribution >= 0.6 is 0 Å². The second-order valence-electron chi connectivity index (χ2n) is 6.31. The van der Waals surface area contributed by atoms with Crippen molar-refractivity contribution in [2.45, 2.75) is 27.1 Å². The summed E-state index contributed by atoms with van der Waals surface area (Å²) in [6.07, 6.45) is 3.80. The van der Waals surface area contributed by atoms with Crippen molar-refractivity contribution in [1.82, 2.24) is 0 Å². The molecule has 1 aliphatic rings. The predicted molar refractivity (Wildman–Crippen MR) is 97.4 cm³/mol. The van der Waals surface area contributed by atoms with Gasteiger partial charge in [0.05, 0.1) is 6.61 Å². The van der Waals surface area contributed by atoms with Gasteiger partial charge in [0.2, 0.25) is 0 Å². The van der Waals surface area contributed by atoms with Gasteiger partial charge in [0.15, 0.2) is 0 Å². The highest BCUT2D eigenvalue weighted by Gasteiger charge is 2.16. The number of nitrogens with zero attached hydrogens (tertiary/aromatic N) is 1. The number of allylic oxidation sites excluding steroid dienone is 2. The molecular formula is C21H21F2NO2. The maximum absolute atomic E-state index is 13.7. The van der Waals surface area contributed by atoms with E-state index in [1.807, 2.05) is 44.2 Å². The third-order valence-corrected chi connectivity index (χ3v) is 4.41. The van der Waals surface area contributed by atoms with Crippen LogP contribution in [0.5, 0.6) is 0 Å². The number of aliphatic hydroxyl groups is 1. The molecular weight excluding hydrogens is 336 g/mol. The highest BCUT2D eigenvalue weighted by Crippen LogP contribution is 2.28. The highest BCUT2D eigenvalue weighted by atomic mass is 19.1. The van der Waals surface area contributed by atoms with Crippen molar-refractivity contribution >= 4 is 5.69 Å². The molecule has 0 amide bonds. The smallest absolute Gasteiger partial charge is 0.132 e. The van der Waals surface area contributed by atoms with Gasteiger partial charge in [-0.1, -0.05) is 12.1 Å². The van der Waals surface area contributed by atoms with E-state index in [-0.39, 0.29) is 13.2 Å². The Kier molecular flexibility index (Phi) is 5.38. The van der Waals surface area contributed by atoms with Crippen LogP contribution in [-0.4, -0.2) is 11.7 Å². The average Bonchev–Trinajstić information content (AvgIpc) is 2.62. The van der Waals surface area contributed by atoms with Gasteiger partial charge in [-0.3, -0.25) is 0 Å². The largest absolute Gasteiger partial charge is 0.489 e. The van der Waals surface area contributed by atoms with Gasteiger partial charge in [-0.2, -0.15) is 0 Å². The summed E-state index contributed by atoms with van der Waals surface area (Å²) in [6.45, 7) is 4.65. The van der Waals surface area contributed by atoms with Crippen molar-refractivity contribution in [3.05, 3.63) is 88.3 Å². The monoisotopic (exact) mass is 357 g/mol. The van der Waals surface area contributed by atoms with Crippen molar-refractivity contribution in [2.75, 3.05) is 11.4 Å². The molecule has 1 heterocycles. The average molecular weight is 357 g/mol. The highest BCUT2D eigenvalue weighted by molar-refractivity contribution is 5.60. The minimum absolute atomic E-state index is 0.00266. The fourth-order valence-electron chi connectivity index (χ4n) is 2.90. The summed E-state index contributed by atoms with van der Waals surface area (Å²) in [6, 6.07) is 9.33. The van der Waals surface area contributed by atoms with E-state index >= 15 is 0 Å². The van der Waals surface area contributed by atoms with E-state index < -0.39 is 11.6 Å². The van der Waals surface area contributed by atoms with E-state index in [0.29, 0.717) is 17.9 Å². The number of hydrogen-bond donors (Lipinski definition) is 1. The Morgan fingerprint density at radius 3 is 2.62 bits per heavy atom. The molecule has 26 heavy (non-hydrogen) atoms. The zero-order valence-corrected chi connectivity index (χ0v) is 14.8. The number of rotatable bonds is 5. The lowest BCUT2D eigenvalue weighted by Crippen LogP contribution is -2.25. The second-order valence-corrected chi connectivity index (χ2v) is 6.31. The first-order valence-corrected chi connectivity index (χ1v) is 8.41. The zero-order valence-electron chi connectivity index (χ0n) is 14.8. The number of halogens is 2. The van der Waals surface area contributed by atoms with Crippen LogP contribution in [0.3, 0.4) is 0 Å². The summed E-state index contributed by atoms with van der Waals surface area (Å²) in [5, 5.41) is 9.36. The molecule has 0 radical (unpaired) electrons.